The van der Waals surface area contributed by atoms with Crippen molar-refractivity contribution in [1.82, 2.24) is 5.01 Å². The highest BCUT2D eigenvalue weighted by Gasteiger charge is 2.22. The molecule has 0 bridgehead atoms. The molecule has 0 saturated heterocycles. The molecule has 0 spiro atoms. The Balaban J connectivity index is 1.74. The summed E-state index contributed by atoms with van der Waals surface area (Å²) in [6, 6.07) is 11.8. The van der Waals surface area contributed by atoms with Crippen LogP contribution in [0.25, 0.3) is 0 Å². The van der Waals surface area contributed by atoms with E-state index in [2.05, 4.69) is 5.10 Å². The first-order valence-electron chi connectivity index (χ1n) is 8.49. The summed E-state index contributed by atoms with van der Waals surface area (Å²) in [6.07, 6.45) is 0.549. The second-order valence-electron chi connectivity index (χ2n) is 5.97. The molecule has 3 rings (SSSR count). The number of benzene rings is 2. The number of non-ortho nitro benzene ring substituents is 1. The lowest BCUT2D eigenvalue weighted by molar-refractivity contribution is -0.384. The van der Waals surface area contributed by atoms with E-state index >= 15 is 0 Å². The van der Waals surface area contributed by atoms with E-state index in [1.807, 2.05) is 12.1 Å². The lowest BCUT2D eigenvalue weighted by atomic mass is 10.1. The standard InChI is InChI=1S/C19H19N3O5S/c1-26-17-8-5-14(11-18(17)27-2)16-12-28-19(23)21(20-16)10-9-13-3-6-15(7-4-13)22(24)25/h3-8,11H,9-10,12H2,1-2H3. The minimum absolute atomic E-state index is 0.0436. The van der Waals surface area contributed by atoms with Gasteiger partial charge in [0.2, 0.25) is 0 Å². The van der Waals surface area contributed by atoms with Gasteiger partial charge in [0.1, 0.15) is 0 Å². The first-order chi connectivity index (χ1) is 13.5. The molecule has 0 unspecified atom stereocenters. The van der Waals surface area contributed by atoms with Gasteiger partial charge in [0, 0.05) is 30.0 Å². The molecule has 0 fully saturated rings. The Morgan fingerprint density at radius 1 is 1.14 bits per heavy atom. The third-order valence-corrected chi connectivity index (χ3v) is 5.14. The number of hydrazone groups is 1. The Morgan fingerprint density at radius 3 is 2.50 bits per heavy atom. The van der Waals surface area contributed by atoms with Crippen LogP contribution in [0.3, 0.4) is 0 Å². The number of ether oxygens (including phenoxy) is 2. The SMILES string of the molecule is COc1ccc(C2=NN(CCc3ccc([N+](=O)[O-])cc3)C(=O)SC2)cc1OC. The molecule has 0 radical (unpaired) electrons. The molecule has 28 heavy (non-hydrogen) atoms. The molecule has 146 valence electrons. The van der Waals surface area contributed by atoms with Gasteiger partial charge in [-0.3, -0.25) is 14.9 Å². The van der Waals surface area contributed by atoms with E-state index in [-0.39, 0.29) is 10.9 Å². The summed E-state index contributed by atoms with van der Waals surface area (Å²) >= 11 is 1.19. The van der Waals surface area contributed by atoms with Gasteiger partial charge in [-0.05, 0) is 30.2 Å². The Labute approximate surface area is 166 Å². The van der Waals surface area contributed by atoms with E-state index in [9.17, 15) is 14.9 Å². The van der Waals surface area contributed by atoms with Crippen molar-refractivity contribution in [1.29, 1.82) is 0 Å². The van der Waals surface area contributed by atoms with E-state index in [1.54, 1.807) is 32.4 Å². The van der Waals surface area contributed by atoms with E-state index in [4.69, 9.17) is 9.47 Å². The molecule has 0 saturated carbocycles. The fourth-order valence-corrected chi connectivity index (χ4v) is 3.50. The summed E-state index contributed by atoms with van der Waals surface area (Å²) in [5.41, 5.74) is 2.58. The lowest BCUT2D eigenvalue weighted by Gasteiger charge is -2.23. The van der Waals surface area contributed by atoms with Crippen molar-refractivity contribution in [2.24, 2.45) is 5.10 Å². The number of nitrogens with zero attached hydrogens (tertiary/aromatic N) is 3. The molecule has 1 amide bonds. The fraction of sp³-hybridized carbons (Fsp3) is 0.263. The van der Waals surface area contributed by atoms with Crippen molar-refractivity contribution in [2.45, 2.75) is 6.42 Å². The number of amides is 1. The smallest absolute Gasteiger partial charge is 0.302 e. The number of nitro groups is 1. The zero-order chi connectivity index (χ0) is 20.1. The Morgan fingerprint density at radius 2 is 1.86 bits per heavy atom. The first kappa shape index (κ1) is 19.7. The summed E-state index contributed by atoms with van der Waals surface area (Å²) < 4.78 is 10.6. The second kappa shape index (κ2) is 8.75. The molecule has 1 heterocycles. The number of methoxy groups -OCH3 is 2. The van der Waals surface area contributed by atoms with Crippen LogP contribution < -0.4 is 9.47 Å². The van der Waals surface area contributed by atoms with Crippen molar-refractivity contribution in [2.75, 3.05) is 26.5 Å². The molecular formula is C19H19N3O5S. The monoisotopic (exact) mass is 401 g/mol. The minimum atomic E-state index is -0.436. The normalized spacial score (nSPS) is 13.9. The second-order valence-corrected chi connectivity index (χ2v) is 6.89. The van der Waals surface area contributed by atoms with Crippen LogP contribution in [-0.4, -0.2) is 47.4 Å². The zero-order valence-electron chi connectivity index (χ0n) is 15.5. The summed E-state index contributed by atoms with van der Waals surface area (Å²) in [6.45, 7) is 0.389. The number of nitro benzene ring substituents is 1. The molecule has 2 aromatic rings. The Bertz CT molecular complexity index is 914. The van der Waals surface area contributed by atoms with Crippen LogP contribution in [0.1, 0.15) is 11.1 Å². The molecule has 0 aliphatic carbocycles. The quantitative estimate of drug-likeness (QED) is 0.518. The molecule has 8 nitrogen and oxygen atoms in total. The van der Waals surface area contributed by atoms with E-state index in [0.717, 1.165) is 16.8 Å². The third-order valence-electron chi connectivity index (χ3n) is 4.26. The number of carbonyl (C=O) groups excluding carboxylic acids is 1. The largest absolute Gasteiger partial charge is 0.493 e. The maximum atomic E-state index is 12.2. The number of thioether (sulfide) groups is 1. The van der Waals surface area contributed by atoms with Gasteiger partial charge < -0.3 is 9.47 Å². The Kier molecular flexibility index (Phi) is 6.15. The maximum absolute atomic E-state index is 12.2. The number of hydrogen-bond donors (Lipinski definition) is 0. The number of rotatable bonds is 7. The number of hydrogen-bond acceptors (Lipinski definition) is 7. The molecule has 0 N–H and O–H groups in total. The number of carbonyl (C=O) groups is 1. The van der Waals surface area contributed by atoms with Gasteiger partial charge in [0.25, 0.3) is 5.69 Å². The summed E-state index contributed by atoms with van der Waals surface area (Å²) in [5.74, 6) is 1.70. The van der Waals surface area contributed by atoms with Crippen molar-refractivity contribution in [3.05, 3.63) is 63.7 Å². The van der Waals surface area contributed by atoms with Gasteiger partial charge in [0.05, 0.1) is 24.9 Å². The van der Waals surface area contributed by atoms with E-state index in [1.165, 1.54) is 28.9 Å². The van der Waals surface area contributed by atoms with Gasteiger partial charge in [0.15, 0.2) is 11.5 Å². The van der Waals surface area contributed by atoms with Crippen LogP contribution in [0.15, 0.2) is 47.6 Å². The molecule has 2 aromatic carbocycles. The summed E-state index contributed by atoms with van der Waals surface area (Å²) in [5, 5.41) is 16.5. The van der Waals surface area contributed by atoms with Crippen molar-refractivity contribution < 1.29 is 19.2 Å². The molecule has 9 heteroatoms. The van der Waals surface area contributed by atoms with Gasteiger partial charge in [-0.25, -0.2) is 5.01 Å². The van der Waals surface area contributed by atoms with Gasteiger partial charge in [-0.1, -0.05) is 23.9 Å². The van der Waals surface area contributed by atoms with Crippen LogP contribution in [0, 0.1) is 10.1 Å². The highest BCUT2D eigenvalue weighted by molar-refractivity contribution is 8.14. The van der Waals surface area contributed by atoms with Crippen LogP contribution >= 0.6 is 11.8 Å². The van der Waals surface area contributed by atoms with Gasteiger partial charge in [-0.2, -0.15) is 5.10 Å². The van der Waals surface area contributed by atoms with Crippen molar-refractivity contribution in [3.8, 4) is 11.5 Å². The molecule has 1 aliphatic rings. The Hall–Kier alpha value is -3.07. The maximum Gasteiger partial charge on any atom is 0.302 e. The fourth-order valence-electron chi connectivity index (χ4n) is 2.74. The minimum Gasteiger partial charge on any atom is -0.493 e. The lowest BCUT2D eigenvalue weighted by Crippen LogP contribution is -2.31. The molecule has 1 aliphatic heterocycles. The molecule has 0 atom stereocenters. The summed E-state index contributed by atoms with van der Waals surface area (Å²) in [7, 11) is 3.14. The zero-order valence-corrected chi connectivity index (χ0v) is 16.3. The predicted molar refractivity (Wildman–Crippen MR) is 107 cm³/mol. The van der Waals surface area contributed by atoms with Gasteiger partial charge >= 0.3 is 5.24 Å². The van der Waals surface area contributed by atoms with Crippen LogP contribution in [0.4, 0.5) is 10.5 Å². The van der Waals surface area contributed by atoms with Crippen LogP contribution in [0.2, 0.25) is 0 Å². The predicted octanol–water partition coefficient (Wildman–Crippen LogP) is 3.73. The highest BCUT2D eigenvalue weighted by atomic mass is 32.2. The highest BCUT2D eigenvalue weighted by Crippen LogP contribution is 2.29. The van der Waals surface area contributed by atoms with Gasteiger partial charge in [-0.15, -0.1) is 0 Å². The van der Waals surface area contributed by atoms with Crippen LogP contribution in [0.5, 0.6) is 11.5 Å². The van der Waals surface area contributed by atoms with E-state index in [0.29, 0.717) is 30.2 Å². The van der Waals surface area contributed by atoms with Crippen LogP contribution in [-0.2, 0) is 6.42 Å². The average Bonchev–Trinajstić information content (AvgIpc) is 2.73. The molecule has 0 aromatic heterocycles. The summed E-state index contributed by atoms with van der Waals surface area (Å²) in [4.78, 5) is 22.5. The average molecular weight is 401 g/mol. The van der Waals surface area contributed by atoms with E-state index < -0.39 is 4.92 Å². The van der Waals surface area contributed by atoms with Crippen molar-refractivity contribution >= 4 is 28.4 Å². The molecular weight excluding hydrogens is 382 g/mol. The first-order valence-corrected chi connectivity index (χ1v) is 9.48. The third kappa shape index (κ3) is 4.42. The van der Waals surface area contributed by atoms with Crippen molar-refractivity contribution in [3.63, 3.8) is 0 Å². The topological polar surface area (TPSA) is 94.3 Å².